The summed E-state index contributed by atoms with van der Waals surface area (Å²) in [5, 5.41) is 11.6. The number of benzene rings is 1. The van der Waals surface area contributed by atoms with Crippen molar-refractivity contribution in [2.24, 2.45) is 5.92 Å². The van der Waals surface area contributed by atoms with Crippen molar-refractivity contribution in [1.29, 1.82) is 0 Å². The van der Waals surface area contributed by atoms with Crippen LogP contribution in [0.5, 0.6) is 0 Å². The van der Waals surface area contributed by atoms with Crippen molar-refractivity contribution in [3.63, 3.8) is 0 Å². The lowest BCUT2D eigenvalue weighted by Gasteiger charge is -2.33. The van der Waals surface area contributed by atoms with Crippen LogP contribution in [0.15, 0.2) is 29.2 Å². The summed E-state index contributed by atoms with van der Waals surface area (Å²) >= 11 is 0. The summed E-state index contributed by atoms with van der Waals surface area (Å²) in [7, 11) is -3.55. The van der Waals surface area contributed by atoms with Gasteiger partial charge in [-0.3, -0.25) is 9.59 Å². The van der Waals surface area contributed by atoms with Gasteiger partial charge in [0.25, 0.3) is 5.91 Å². The summed E-state index contributed by atoms with van der Waals surface area (Å²) in [6.45, 7) is 2.44. The van der Waals surface area contributed by atoms with Crippen molar-refractivity contribution in [1.82, 2.24) is 9.62 Å². The van der Waals surface area contributed by atoms with Crippen LogP contribution >= 0.6 is 0 Å². The van der Waals surface area contributed by atoms with E-state index in [0.717, 1.165) is 19.3 Å². The predicted molar refractivity (Wildman–Crippen MR) is 95.3 cm³/mol. The molecule has 1 aromatic rings. The Bertz CT molecular complexity index is 784. The molecule has 2 aliphatic rings. The standard InChI is InChI=1S/C18H24N2O5S/c1-12-4-2-3-9-20(12)26(24,25)16-7-5-13(6-8-16)17(21)19-15-10-14(11-15)18(22)23/h5-8,12,14-15H,2-4,9-11H2,1H3,(H,19,21)(H,22,23). The van der Waals surface area contributed by atoms with Gasteiger partial charge in [0.2, 0.25) is 10.0 Å². The van der Waals surface area contributed by atoms with Gasteiger partial charge in [-0.1, -0.05) is 6.42 Å². The SMILES string of the molecule is CC1CCCCN1S(=O)(=O)c1ccc(C(=O)NC2CC(C(=O)O)C2)cc1. The molecule has 8 heteroatoms. The van der Waals surface area contributed by atoms with E-state index in [9.17, 15) is 18.0 Å². The minimum atomic E-state index is -3.55. The zero-order valence-corrected chi connectivity index (χ0v) is 15.5. The van der Waals surface area contributed by atoms with Crippen LogP contribution in [-0.2, 0) is 14.8 Å². The topological polar surface area (TPSA) is 104 Å². The van der Waals surface area contributed by atoms with Crippen LogP contribution in [0, 0.1) is 5.92 Å². The first-order chi connectivity index (χ1) is 12.3. The summed E-state index contributed by atoms with van der Waals surface area (Å²) in [4.78, 5) is 23.2. The fourth-order valence-electron chi connectivity index (χ4n) is 3.55. The third-order valence-corrected chi connectivity index (χ3v) is 7.32. The number of nitrogens with one attached hydrogen (secondary N) is 1. The molecule has 2 fully saturated rings. The molecule has 1 saturated carbocycles. The fourth-order valence-corrected chi connectivity index (χ4v) is 5.25. The van der Waals surface area contributed by atoms with Gasteiger partial charge in [0.05, 0.1) is 10.8 Å². The van der Waals surface area contributed by atoms with Crippen LogP contribution in [0.1, 0.15) is 49.4 Å². The maximum Gasteiger partial charge on any atom is 0.306 e. The third kappa shape index (κ3) is 3.76. The first-order valence-corrected chi connectivity index (χ1v) is 10.4. The average molecular weight is 380 g/mol. The molecule has 0 bridgehead atoms. The van der Waals surface area contributed by atoms with E-state index in [0.29, 0.717) is 24.9 Å². The number of carboxylic acids is 1. The molecule has 7 nitrogen and oxygen atoms in total. The number of carbonyl (C=O) groups is 2. The molecule has 3 rings (SSSR count). The second-order valence-corrected chi connectivity index (χ2v) is 9.05. The molecule has 0 spiro atoms. The Balaban J connectivity index is 1.64. The second-order valence-electron chi connectivity index (χ2n) is 7.16. The van der Waals surface area contributed by atoms with E-state index in [4.69, 9.17) is 5.11 Å². The molecule has 1 amide bonds. The molecule has 1 aromatic carbocycles. The maximum atomic E-state index is 12.8. The molecular formula is C18H24N2O5S. The number of carboxylic acid groups (broad SMARTS) is 1. The van der Waals surface area contributed by atoms with Gasteiger partial charge in [-0.25, -0.2) is 8.42 Å². The minimum Gasteiger partial charge on any atom is -0.481 e. The Morgan fingerprint density at radius 1 is 1.15 bits per heavy atom. The largest absolute Gasteiger partial charge is 0.481 e. The molecule has 2 N–H and O–H groups in total. The normalized spacial score (nSPS) is 26.7. The highest BCUT2D eigenvalue weighted by Gasteiger charge is 2.35. The molecule has 0 radical (unpaired) electrons. The molecule has 1 atom stereocenters. The van der Waals surface area contributed by atoms with E-state index in [2.05, 4.69) is 5.32 Å². The summed E-state index contributed by atoms with van der Waals surface area (Å²) in [6, 6.07) is 5.78. The Morgan fingerprint density at radius 3 is 2.38 bits per heavy atom. The molecular weight excluding hydrogens is 356 g/mol. The van der Waals surface area contributed by atoms with Crippen LogP contribution in [0.3, 0.4) is 0 Å². The van der Waals surface area contributed by atoms with E-state index >= 15 is 0 Å². The van der Waals surface area contributed by atoms with Crippen LogP contribution in [0.2, 0.25) is 0 Å². The lowest BCUT2D eigenvalue weighted by molar-refractivity contribution is -0.145. The Labute approximate surface area is 153 Å². The predicted octanol–water partition coefficient (Wildman–Crippen LogP) is 1.84. The van der Waals surface area contributed by atoms with Crippen LogP contribution in [0.4, 0.5) is 0 Å². The van der Waals surface area contributed by atoms with Gasteiger partial charge in [-0.2, -0.15) is 4.31 Å². The molecule has 1 unspecified atom stereocenters. The van der Waals surface area contributed by atoms with E-state index in [1.165, 1.54) is 28.6 Å². The van der Waals surface area contributed by atoms with Crippen LogP contribution in [-0.4, -0.2) is 48.3 Å². The van der Waals surface area contributed by atoms with Crippen molar-refractivity contribution in [3.8, 4) is 0 Å². The highest BCUT2D eigenvalue weighted by Crippen LogP contribution is 2.28. The average Bonchev–Trinajstić information content (AvgIpc) is 2.57. The highest BCUT2D eigenvalue weighted by molar-refractivity contribution is 7.89. The van der Waals surface area contributed by atoms with Crippen molar-refractivity contribution < 1.29 is 23.1 Å². The third-order valence-electron chi connectivity index (χ3n) is 5.29. The summed E-state index contributed by atoms with van der Waals surface area (Å²) < 4.78 is 27.1. The zero-order chi connectivity index (χ0) is 18.9. The van der Waals surface area contributed by atoms with Crippen LogP contribution < -0.4 is 5.32 Å². The molecule has 1 aliphatic heterocycles. The summed E-state index contributed by atoms with van der Waals surface area (Å²) in [6.07, 6.45) is 3.62. The van der Waals surface area contributed by atoms with Gasteiger partial charge in [0, 0.05) is 24.2 Å². The van der Waals surface area contributed by atoms with Crippen molar-refractivity contribution in [3.05, 3.63) is 29.8 Å². The molecule has 142 valence electrons. The number of hydrogen-bond acceptors (Lipinski definition) is 4. The zero-order valence-electron chi connectivity index (χ0n) is 14.7. The monoisotopic (exact) mass is 380 g/mol. The lowest BCUT2D eigenvalue weighted by Crippen LogP contribution is -2.46. The maximum absolute atomic E-state index is 12.8. The smallest absolute Gasteiger partial charge is 0.306 e. The first-order valence-electron chi connectivity index (χ1n) is 8.94. The first kappa shape index (κ1) is 18.8. The number of aliphatic carboxylic acids is 1. The number of piperidine rings is 1. The minimum absolute atomic E-state index is 0.0162. The molecule has 26 heavy (non-hydrogen) atoms. The van der Waals surface area contributed by atoms with Crippen LogP contribution in [0.25, 0.3) is 0 Å². The van der Waals surface area contributed by atoms with Gasteiger partial charge >= 0.3 is 5.97 Å². The van der Waals surface area contributed by atoms with Gasteiger partial charge < -0.3 is 10.4 Å². The Hall–Kier alpha value is -1.93. The van der Waals surface area contributed by atoms with E-state index in [1.807, 2.05) is 6.92 Å². The number of amides is 1. The molecule has 0 aromatic heterocycles. The quantitative estimate of drug-likeness (QED) is 0.811. The number of rotatable bonds is 5. The summed E-state index contributed by atoms with van der Waals surface area (Å²) in [5.41, 5.74) is 0.370. The number of nitrogens with zero attached hydrogens (tertiary/aromatic N) is 1. The number of carbonyl (C=O) groups excluding carboxylic acids is 1. The molecule has 1 heterocycles. The highest BCUT2D eigenvalue weighted by atomic mass is 32.2. The fraction of sp³-hybridized carbons (Fsp3) is 0.556. The Morgan fingerprint density at radius 2 is 1.81 bits per heavy atom. The van der Waals surface area contributed by atoms with Gasteiger partial charge in [-0.05, 0) is 56.9 Å². The van der Waals surface area contributed by atoms with Gasteiger partial charge in [0.15, 0.2) is 0 Å². The van der Waals surface area contributed by atoms with Crippen molar-refractivity contribution in [2.45, 2.75) is 56.0 Å². The molecule has 1 saturated heterocycles. The molecule has 1 aliphatic carbocycles. The van der Waals surface area contributed by atoms with Crippen molar-refractivity contribution >= 4 is 21.9 Å². The Kier molecular flexibility index (Phi) is 5.34. The van der Waals surface area contributed by atoms with Crippen molar-refractivity contribution in [2.75, 3.05) is 6.54 Å². The van der Waals surface area contributed by atoms with Gasteiger partial charge in [-0.15, -0.1) is 0 Å². The summed E-state index contributed by atoms with van der Waals surface area (Å²) in [5.74, 6) is -1.54. The number of hydrogen-bond donors (Lipinski definition) is 2. The van der Waals surface area contributed by atoms with E-state index in [-0.39, 0.29) is 28.8 Å². The van der Waals surface area contributed by atoms with E-state index in [1.54, 1.807) is 0 Å². The second kappa shape index (κ2) is 7.36. The van der Waals surface area contributed by atoms with Gasteiger partial charge in [0.1, 0.15) is 0 Å². The van der Waals surface area contributed by atoms with E-state index < -0.39 is 16.0 Å². The number of sulfonamides is 1. The lowest BCUT2D eigenvalue weighted by atomic mass is 9.80.